The highest BCUT2D eigenvalue weighted by Gasteiger charge is 2.30. The summed E-state index contributed by atoms with van der Waals surface area (Å²) in [6, 6.07) is 23.9. The van der Waals surface area contributed by atoms with E-state index in [1.165, 1.54) is 0 Å². The second-order valence-corrected chi connectivity index (χ2v) is 10.3. The van der Waals surface area contributed by atoms with Crippen LogP contribution < -0.4 is 15.0 Å². The number of benzene rings is 3. The Kier molecular flexibility index (Phi) is 6.77. The summed E-state index contributed by atoms with van der Waals surface area (Å²) in [6.45, 7) is 6.19. The molecule has 0 fully saturated rings. The first-order valence-electron chi connectivity index (χ1n) is 12.9. The Morgan fingerprint density at radius 2 is 1.87 bits per heavy atom. The Morgan fingerprint density at radius 3 is 2.58 bits per heavy atom. The Balaban J connectivity index is 1.55. The molecular formula is C32H31N3O3. The molecule has 0 spiro atoms. The number of ether oxygens (including phenoxy) is 2. The van der Waals surface area contributed by atoms with E-state index in [1.54, 1.807) is 11.7 Å². The molecule has 0 radical (unpaired) electrons. The van der Waals surface area contributed by atoms with E-state index in [9.17, 15) is 10.1 Å². The summed E-state index contributed by atoms with van der Waals surface area (Å²) >= 11 is 0. The van der Waals surface area contributed by atoms with Crippen molar-refractivity contribution in [3.63, 3.8) is 0 Å². The molecule has 6 nitrogen and oxygen atoms in total. The van der Waals surface area contributed by atoms with E-state index in [2.05, 4.69) is 26.8 Å². The van der Waals surface area contributed by atoms with Crippen LogP contribution in [0.15, 0.2) is 71.5 Å². The van der Waals surface area contributed by atoms with Crippen molar-refractivity contribution in [3.05, 3.63) is 105 Å². The van der Waals surface area contributed by atoms with Crippen LogP contribution in [0, 0.1) is 11.3 Å². The number of rotatable bonds is 7. The fourth-order valence-electron chi connectivity index (χ4n) is 5.14. The minimum absolute atomic E-state index is 0.127. The minimum atomic E-state index is -0.273. The highest BCUT2D eigenvalue weighted by atomic mass is 16.5. The first-order valence-corrected chi connectivity index (χ1v) is 12.9. The van der Waals surface area contributed by atoms with Crippen LogP contribution in [0.1, 0.15) is 55.1 Å². The molecule has 6 heteroatoms. The van der Waals surface area contributed by atoms with E-state index in [4.69, 9.17) is 14.5 Å². The summed E-state index contributed by atoms with van der Waals surface area (Å²) in [5.74, 6) is 0.847. The van der Waals surface area contributed by atoms with Crippen LogP contribution in [0.25, 0.3) is 16.8 Å². The zero-order valence-electron chi connectivity index (χ0n) is 22.2. The van der Waals surface area contributed by atoms with Gasteiger partial charge in [0.1, 0.15) is 11.4 Å². The van der Waals surface area contributed by atoms with Crippen LogP contribution in [0.5, 0.6) is 11.8 Å². The molecule has 1 aliphatic rings. The van der Waals surface area contributed by atoms with Gasteiger partial charge >= 0.3 is 6.01 Å². The molecule has 38 heavy (non-hydrogen) atoms. The third kappa shape index (κ3) is 4.80. The van der Waals surface area contributed by atoms with Crippen molar-refractivity contribution >= 4 is 0 Å². The van der Waals surface area contributed by atoms with E-state index < -0.39 is 0 Å². The molecular weight excluding hydrogens is 474 g/mol. The van der Waals surface area contributed by atoms with Crippen molar-refractivity contribution in [2.45, 2.75) is 52.1 Å². The molecule has 4 aromatic rings. The molecule has 0 saturated heterocycles. The molecule has 0 N–H and O–H groups in total. The van der Waals surface area contributed by atoms with Crippen LogP contribution in [0.4, 0.5) is 0 Å². The van der Waals surface area contributed by atoms with Gasteiger partial charge in [-0.25, -0.2) is 9.55 Å². The Labute approximate surface area is 223 Å². The number of fused-ring (bicyclic) bond motifs is 1. The van der Waals surface area contributed by atoms with E-state index in [0.717, 1.165) is 46.5 Å². The molecule has 5 rings (SSSR count). The zero-order valence-corrected chi connectivity index (χ0v) is 22.2. The monoisotopic (exact) mass is 505 g/mol. The lowest BCUT2D eigenvalue weighted by Crippen LogP contribution is -2.27. The predicted molar refractivity (Wildman–Crippen MR) is 148 cm³/mol. The van der Waals surface area contributed by atoms with Gasteiger partial charge in [-0.2, -0.15) is 5.26 Å². The highest BCUT2D eigenvalue weighted by Crippen LogP contribution is 2.36. The number of aromatic nitrogens is 2. The fraction of sp³-hybridized carbons (Fsp3) is 0.281. The lowest BCUT2D eigenvalue weighted by molar-refractivity contribution is 0.138. The van der Waals surface area contributed by atoms with Crippen molar-refractivity contribution in [1.82, 2.24) is 9.55 Å². The maximum atomic E-state index is 14.0. The highest BCUT2D eigenvalue weighted by molar-refractivity contribution is 5.70. The van der Waals surface area contributed by atoms with Crippen molar-refractivity contribution in [1.29, 1.82) is 5.26 Å². The number of aryl methyl sites for hydroxylation is 1. The SMILES string of the molecule is CCCc1nc(OC)n(-c2ccc3c(c2)CC(C)(C)O3)c(=O)c1Cc1ccc(-c2ccccc2C#N)cc1. The Hall–Kier alpha value is -4.37. The number of hydrogen-bond donors (Lipinski definition) is 0. The Morgan fingerprint density at radius 1 is 1.11 bits per heavy atom. The van der Waals surface area contributed by atoms with Gasteiger partial charge in [0.05, 0.1) is 30.1 Å². The number of nitrogens with zero attached hydrogens (tertiary/aromatic N) is 3. The summed E-state index contributed by atoms with van der Waals surface area (Å²) in [6.07, 6.45) is 2.76. The van der Waals surface area contributed by atoms with Gasteiger partial charge in [0.2, 0.25) is 0 Å². The maximum Gasteiger partial charge on any atom is 0.303 e. The summed E-state index contributed by atoms with van der Waals surface area (Å²) in [4.78, 5) is 18.8. The van der Waals surface area contributed by atoms with Crippen molar-refractivity contribution in [2.24, 2.45) is 0 Å². The van der Waals surface area contributed by atoms with Crippen LogP contribution in [0.2, 0.25) is 0 Å². The van der Waals surface area contributed by atoms with E-state index >= 15 is 0 Å². The molecule has 0 amide bonds. The fourth-order valence-corrected chi connectivity index (χ4v) is 5.14. The molecule has 0 bridgehead atoms. The van der Waals surface area contributed by atoms with Gasteiger partial charge in [-0.15, -0.1) is 0 Å². The van der Waals surface area contributed by atoms with Crippen LogP contribution in [-0.4, -0.2) is 22.3 Å². The van der Waals surface area contributed by atoms with Gasteiger partial charge in [0.25, 0.3) is 5.56 Å². The van der Waals surface area contributed by atoms with Gasteiger partial charge in [-0.3, -0.25) is 4.79 Å². The molecule has 1 aliphatic heterocycles. The Bertz CT molecular complexity index is 1590. The van der Waals surface area contributed by atoms with Crippen molar-refractivity contribution < 1.29 is 9.47 Å². The largest absolute Gasteiger partial charge is 0.487 e. The van der Waals surface area contributed by atoms with Gasteiger partial charge in [-0.05, 0) is 61.2 Å². The second-order valence-electron chi connectivity index (χ2n) is 10.3. The summed E-state index contributed by atoms with van der Waals surface area (Å²) in [5.41, 5.74) is 6.29. The first-order chi connectivity index (χ1) is 18.3. The maximum absolute atomic E-state index is 14.0. The van der Waals surface area contributed by atoms with Crippen LogP contribution >= 0.6 is 0 Å². The average Bonchev–Trinajstić information content (AvgIpc) is 3.23. The lowest BCUT2D eigenvalue weighted by Gasteiger charge is -2.17. The third-order valence-corrected chi connectivity index (χ3v) is 6.90. The predicted octanol–water partition coefficient (Wildman–Crippen LogP) is 6.04. The number of methoxy groups -OCH3 is 1. The third-order valence-electron chi connectivity index (χ3n) is 6.90. The van der Waals surface area contributed by atoms with Gasteiger partial charge in [0, 0.05) is 24.0 Å². The summed E-state index contributed by atoms with van der Waals surface area (Å²) < 4.78 is 13.2. The second kappa shape index (κ2) is 10.2. The molecule has 1 aromatic heterocycles. The average molecular weight is 506 g/mol. The van der Waals surface area contributed by atoms with Gasteiger partial charge in [0.15, 0.2) is 0 Å². The van der Waals surface area contributed by atoms with Gasteiger partial charge < -0.3 is 9.47 Å². The standard InChI is InChI=1S/C32H31N3O3/c1-5-8-28-27(17-21-11-13-22(14-12-21)26-10-7-6-9-23(26)20-33)30(36)35(31(34-28)37-4)25-15-16-29-24(18-25)19-32(2,3)38-29/h6-7,9-16,18H,5,8,17,19H2,1-4H3. The van der Waals surface area contributed by atoms with E-state index in [-0.39, 0.29) is 17.2 Å². The van der Waals surface area contributed by atoms with Crippen LogP contribution in [-0.2, 0) is 19.3 Å². The molecule has 0 aliphatic carbocycles. The summed E-state index contributed by atoms with van der Waals surface area (Å²) in [5, 5.41) is 9.47. The molecule has 0 unspecified atom stereocenters. The molecule has 3 aromatic carbocycles. The smallest absolute Gasteiger partial charge is 0.303 e. The van der Waals surface area contributed by atoms with E-state index in [1.807, 2.05) is 66.7 Å². The zero-order chi connectivity index (χ0) is 26.9. The summed E-state index contributed by atoms with van der Waals surface area (Å²) in [7, 11) is 1.55. The van der Waals surface area contributed by atoms with Crippen LogP contribution in [0.3, 0.4) is 0 Å². The molecule has 0 atom stereocenters. The first kappa shape index (κ1) is 25.3. The topological polar surface area (TPSA) is 77.1 Å². The molecule has 2 heterocycles. The lowest BCUT2D eigenvalue weighted by atomic mass is 9.97. The van der Waals surface area contributed by atoms with Gasteiger partial charge in [-0.1, -0.05) is 55.8 Å². The normalized spacial score (nSPS) is 13.4. The molecule has 0 saturated carbocycles. The number of hydrogen-bond acceptors (Lipinski definition) is 5. The molecule has 192 valence electrons. The van der Waals surface area contributed by atoms with Crippen molar-refractivity contribution in [3.8, 4) is 34.6 Å². The van der Waals surface area contributed by atoms with Crippen molar-refractivity contribution in [2.75, 3.05) is 7.11 Å². The quantitative estimate of drug-likeness (QED) is 0.306. The minimum Gasteiger partial charge on any atom is -0.487 e. The number of nitriles is 1. The van der Waals surface area contributed by atoms with E-state index in [0.29, 0.717) is 29.7 Å².